The van der Waals surface area contributed by atoms with Crippen LogP contribution in [0.25, 0.3) is 0 Å². The molecule has 0 radical (unpaired) electrons. The van der Waals surface area contributed by atoms with Crippen molar-refractivity contribution in [2.75, 3.05) is 13.7 Å². The molecular weight excluding hydrogens is 721 g/mol. The number of ether oxygens (including phenoxy) is 1. The van der Waals surface area contributed by atoms with Crippen LogP contribution in [-0.4, -0.2) is 45.2 Å². The van der Waals surface area contributed by atoms with Gasteiger partial charge >= 0.3 is 5.97 Å². The fourth-order valence-corrected chi connectivity index (χ4v) is 15.2. The third-order valence-electron chi connectivity index (χ3n) is 17.2. The number of amides is 1. The summed E-state index contributed by atoms with van der Waals surface area (Å²) in [7, 11) is -2.52. The first-order valence-electron chi connectivity index (χ1n) is 21.2. The second kappa shape index (κ2) is 14.7. The maximum absolute atomic E-state index is 14.7. The quantitative estimate of drug-likeness (QED) is 0.164. The Hall–Kier alpha value is -3.01. The van der Waals surface area contributed by atoms with Gasteiger partial charge in [-0.2, -0.15) is 0 Å². The highest BCUT2D eigenvalue weighted by Crippen LogP contribution is 2.77. The van der Waals surface area contributed by atoms with Gasteiger partial charge in [-0.1, -0.05) is 71.0 Å². The zero-order valence-electron chi connectivity index (χ0n) is 34.9. The molecule has 0 aromatic heterocycles. The van der Waals surface area contributed by atoms with E-state index < -0.39 is 21.4 Å². The van der Waals surface area contributed by atoms with Crippen LogP contribution in [0.1, 0.15) is 127 Å². The number of carbonyl (C=O) groups is 2. The van der Waals surface area contributed by atoms with Gasteiger partial charge in [-0.05, 0) is 164 Å². The van der Waals surface area contributed by atoms with Gasteiger partial charge < -0.3 is 15.2 Å². The van der Waals surface area contributed by atoms with E-state index >= 15 is 0 Å². The van der Waals surface area contributed by atoms with Crippen LogP contribution in [0.5, 0.6) is 0 Å². The summed E-state index contributed by atoms with van der Waals surface area (Å²) in [5.74, 6) is 1.87. The largest absolute Gasteiger partial charge is 0.465 e. The first-order valence-corrected chi connectivity index (χ1v) is 22.7. The molecule has 5 aliphatic carbocycles. The van der Waals surface area contributed by atoms with E-state index in [4.69, 9.17) is 4.74 Å². The summed E-state index contributed by atoms with van der Waals surface area (Å²) in [5.41, 5.74) is 3.08. The Morgan fingerprint density at radius 2 is 1.59 bits per heavy atom. The molecule has 7 rings (SSSR count). The number of esters is 1. The van der Waals surface area contributed by atoms with Gasteiger partial charge in [0.05, 0.1) is 29.1 Å². The summed E-state index contributed by atoms with van der Waals surface area (Å²) < 4.78 is 34.1. The fourth-order valence-electron chi connectivity index (χ4n) is 14.1. The Morgan fingerprint density at radius 3 is 2.32 bits per heavy atom. The molecule has 2 aromatic rings. The van der Waals surface area contributed by atoms with Crippen molar-refractivity contribution >= 4 is 21.9 Å². The van der Waals surface area contributed by atoms with Crippen LogP contribution < -0.4 is 10.0 Å². The van der Waals surface area contributed by atoms with Crippen LogP contribution in [0, 0.1) is 56.7 Å². The number of aliphatic hydroxyl groups excluding tert-OH is 1. The molecule has 0 aliphatic heterocycles. The molecule has 0 saturated heterocycles. The van der Waals surface area contributed by atoms with Gasteiger partial charge in [-0.3, -0.25) is 4.79 Å². The van der Waals surface area contributed by atoms with E-state index in [1.54, 1.807) is 42.5 Å². The summed E-state index contributed by atoms with van der Waals surface area (Å²) in [5, 5.41) is 14.5. The van der Waals surface area contributed by atoms with Crippen LogP contribution in [0.2, 0.25) is 0 Å². The Balaban J connectivity index is 1.05. The average Bonchev–Trinajstić information content (AvgIpc) is 3.57. The van der Waals surface area contributed by atoms with Crippen molar-refractivity contribution in [3.05, 3.63) is 77.4 Å². The van der Waals surface area contributed by atoms with Crippen LogP contribution in [-0.2, 0) is 32.5 Å². The van der Waals surface area contributed by atoms with Gasteiger partial charge in [0.2, 0.25) is 15.9 Å². The number of rotatable bonds is 10. The van der Waals surface area contributed by atoms with E-state index in [9.17, 15) is 23.1 Å². The normalized spacial score (nSPS) is 37.3. The number of hydrogen-bond acceptors (Lipinski definition) is 6. The minimum absolute atomic E-state index is 0.0316. The molecule has 0 bridgehead atoms. The van der Waals surface area contributed by atoms with Gasteiger partial charge in [0, 0.05) is 13.1 Å². The summed E-state index contributed by atoms with van der Waals surface area (Å²) in [4.78, 5) is 26.8. The second-order valence-corrected chi connectivity index (χ2v) is 21.7. The molecule has 9 heteroatoms. The van der Waals surface area contributed by atoms with Crippen molar-refractivity contribution < 1.29 is 27.9 Å². The Bertz CT molecular complexity index is 1980. The van der Waals surface area contributed by atoms with Gasteiger partial charge in [0.1, 0.15) is 0 Å². The lowest BCUT2D eigenvalue weighted by Gasteiger charge is -2.72. The molecule has 1 amide bonds. The molecule has 5 aliphatic rings. The van der Waals surface area contributed by atoms with E-state index in [0.717, 1.165) is 50.5 Å². The number of carbonyl (C=O) groups excluding carboxylic acids is 2. The molecule has 10 atom stereocenters. The smallest absolute Gasteiger partial charge is 0.337 e. The third-order valence-corrected chi connectivity index (χ3v) is 18.6. The number of hydrogen-bond donors (Lipinski definition) is 3. The minimum Gasteiger partial charge on any atom is -0.465 e. The highest BCUT2D eigenvalue weighted by Gasteiger charge is 2.71. The molecule has 0 heterocycles. The number of nitrogens with one attached hydrogen (secondary N) is 2. The van der Waals surface area contributed by atoms with Crippen molar-refractivity contribution in [2.24, 2.45) is 56.7 Å². The SMILES string of the molecule is C=C(C)[C@@H]1CC[C@]2(C(=O)NCCc3cccc(S(=O)(=O)NCc4cccc(C(=O)OC)c4)c3)CC[C@]3(C)C(CCC4[C@@]5(C)CC[C@H](O)C(C)(C)C5CC[C@]43C)C12. The minimum atomic E-state index is -3.83. The first-order chi connectivity index (χ1) is 26.3. The van der Waals surface area contributed by atoms with Gasteiger partial charge in [-0.25, -0.2) is 17.9 Å². The van der Waals surface area contributed by atoms with E-state index in [2.05, 4.69) is 58.2 Å². The molecule has 3 N–H and O–H groups in total. The number of benzene rings is 2. The zero-order valence-corrected chi connectivity index (χ0v) is 35.7. The molecule has 56 heavy (non-hydrogen) atoms. The zero-order chi connectivity index (χ0) is 40.5. The molecule has 4 unspecified atom stereocenters. The van der Waals surface area contributed by atoms with Crippen molar-refractivity contribution in [3.8, 4) is 0 Å². The second-order valence-electron chi connectivity index (χ2n) is 19.9. The molecule has 8 nitrogen and oxygen atoms in total. The van der Waals surface area contributed by atoms with E-state index in [1.807, 2.05) is 6.07 Å². The predicted octanol–water partition coefficient (Wildman–Crippen LogP) is 8.63. The van der Waals surface area contributed by atoms with E-state index in [-0.39, 0.29) is 51.0 Å². The molecular formula is C47H66N2O6S. The molecule has 5 saturated carbocycles. The first kappa shape index (κ1) is 41.2. The van der Waals surface area contributed by atoms with Crippen LogP contribution in [0.3, 0.4) is 0 Å². The van der Waals surface area contributed by atoms with E-state index in [1.165, 1.54) is 31.9 Å². The Morgan fingerprint density at radius 1 is 0.857 bits per heavy atom. The maximum atomic E-state index is 14.7. The third kappa shape index (κ3) is 6.50. The lowest BCUT2D eigenvalue weighted by molar-refractivity contribution is -0.246. The van der Waals surface area contributed by atoms with Crippen LogP contribution >= 0.6 is 0 Å². The topological polar surface area (TPSA) is 122 Å². The lowest BCUT2D eigenvalue weighted by atomic mass is 9.32. The fraction of sp³-hybridized carbons (Fsp3) is 0.660. The van der Waals surface area contributed by atoms with Crippen molar-refractivity contribution in [1.82, 2.24) is 10.0 Å². The average molecular weight is 787 g/mol. The highest BCUT2D eigenvalue weighted by molar-refractivity contribution is 7.89. The number of allylic oxidation sites excluding steroid dienone is 1. The number of methoxy groups -OCH3 is 1. The van der Waals surface area contributed by atoms with Crippen molar-refractivity contribution in [2.45, 2.75) is 130 Å². The van der Waals surface area contributed by atoms with E-state index in [0.29, 0.717) is 47.8 Å². The Labute approximate surface area is 336 Å². The monoisotopic (exact) mass is 786 g/mol. The standard InChI is InChI=1S/C47H66N2O6S/c1-30(2)35-17-23-47(25-24-45(6)36(40(35)47)15-16-38-44(5)21-19-39(50)43(3,4)37(44)18-22-46(38,45)7)42(52)48-26-20-31-11-10-14-34(28-31)56(53,54)49-29-32-12-9-13-33(27-32)41(51)55-8/h9-14,27-28,35-40,49-50H,1,15-26,29H2,2-8H3,(H,48,52)/t35-,36?,37?,38?,39-,40?,44-,45+,46+,47-/m0/s1. The summed E-state index contributed by atoms with van der Waals surface area (Å²) in [6.45, 7) is 19.6. The highest BCUT2D eigenvalue weighted by atomic mass is 32.2. The molecule has 306 valence electrons. The summed E-state index contributed by atoms with van der Waals surface area (Å²) in [6, 6.07) is 13.6. The summed E-state index contributed by atoms with van der Waals surface area (Å²) in [6.07, 6.45) is 10.8. The van der Waals surface area contributed by atoms with Gasteiger partial charge in [-0.15, -0.1) is 0 Å². The lowest BCUT2D eigenvalue weighted by Crippen LogP contribution is -2.67. The maximum Gasteiger partial charge on any atom is 0.337 e. The van der Waals surface area contributed by atoms with Crippen molar-refractivity contribution in [1.29, 1.82) is 0 Å². The number of fused-ring (bicyclic) bond motifs is 7. The Kier molecular flexibility index (Phi) is 10.8. The van der Waals surface area contributed by atoms with Crippen LogP contribution in [0.4, 0.5) is 0 Å². The molecule has 2 aromatic carbocycles. The number of sulfonamides is 1. The van der Waals surface area contributed by atoms with Gasteiger partial charge in [0.25, 0.3) is 0 Å². The number of aliphatic hydroxyl groups is 1. The van der Waals surface area contributed by atoms with Crippen molar-refractivity contribution in [3.63, 3.8) is 0 Å². The molecule has 5 fully saturated rings. The van der Waals surface area contributed by atoms with Gasteiger partial charge in [0.15, 0.2) is 0 Å². The summed E-state index contributed by atoms with van der Waals surface area (Å²) >= 11 is 0. The predicted molar refractivity (Wildman–Crippen MR) is 220 cm³/mol. The van der Waals surface area contributed by atoms with Crippen LogP contribution in [0.15, 0.2) is 65.6 Å². The molecule has 0 spiro atoms.